The Labute approximate surface area is 137 Å². The van der Waals surface area contributed by atoms with Gasteiger partial charge in [-0.25, -0.2) is 15.0 Å². The van der Waals surface area contributed by atoms with E-state index in [2.05, 4.69) is 47.6 Å². The summed E-state index contributed by atoms with van der Waals surface area (Å²) in [5.74, 6) is 1.95. The molecule has 21 heavy (non-hydrogen) atoms. The van der Waals surface area contributed by atoms with Gasteiger partial charge in [0.25, 0.3) is 0 Å². The van der Waals surface area contributed by atoms with Crippen LogP contribution in [0.4, 0.5) is 10.9 Å². The quantitative estimate of drug-likeness (QED) is 0.777. The van der Waals surface area contributed by atoms with Crippen molar-refractivity contribution in [3.05, 3.63) is 28.1 Å². The molecule has 0 atom stereocenters. The molecular weight excluding hydrogens is 350 g/mol. The number of aryl methyl sites for hydroxylation is 1. The van der Waals surface area contributed by atoms with Crippen molar-refractivity contribution < 1.29 is 0 Å². The fourth-order valence-corrected chi connectivity index (χ4v) is 3.55. The predicted molar refractivity (Wildman–Crippen MR) is 90.3 cm³/mol. The summed E-state index contributed by atoms with van der Waals surface area (Å²) in [5.41, 5.74) is 0. The molecule has 7 heteroatoms. The van der Waals surface area contributed by atoms with Gasteiger partial charge in [-0.05, 0) is 22.4 Å². The second-order valence-electron chi connectivity index (χ2n) is 5.00. The average Bonchev–Trinajstić information content (AvgIpc) is 3.01. The highest BCUT2D eigenvalue weighted by atomic mass is 79.9. The van der Waals surface area contributed by atoms with Crippen LogP contribution >= 0.6 is 27.3 Å². The third-order valence-corrected chi connectivity index (χ3v) is 4.73. The van der Waals surface area contributed by atoms with Crippen molar-refractivity contribution in [2.75, 3.05) is 36.0 Å². The minimum atomic E-state index is 0.873. The maximum Gasteiger partial charge on any atom is 0.185 e. The summed E-state index contributed by atoms with van der Waals surface area (Å²) < 4.78 is 0.873. The zero-order valence-corrected chi connectivity index (χ0v) is 14.4. The van der Waals surface area contributed by atoms with Gasteiger partial charge < -0.3 is 9.80 Å². The number of hydrogen-bond acceptors (Lipinski definition) is 6. The first kappa shape index (κ1) is 14.7. The van der Waals surface area contributed by atoms with Gasteiger partial charge in [0.1, 0.15) is 16.2 Å². The van der Waals surface area contributed by atoms with Crippen LogP contribution in [0.5, 0.6) is 0 Å². The second-order valence-corrected chi connectivity index (χ2v) is 6.69. The molecule has 1 fully saturated rings. The first-order valence-corrected chi connectivity index (χ1v) is 8.86. The molecule has 1 aliphatic rings. The van der Waals surface area contributed by atoms with Crippen LogP contribution in [0.2, 0.25) is 0 Å². The smallest absolute Gasteiger partial charge is 0.185 e. The van der Waals surface area contributed by atoms with Gasteiger partial charge in [0.15, 0.2) is 5.13 Å². The number of hydrogen-bond donors (Lipinski definition) is 0. The number of halogens is 1. The lowest BCUT2D eigenvalue weighted by atomic mass is 10.3. The Bertz CT molecular complexity index is 581. The van der Waals surface area contributed by atoms with Gasteiger partial charge in [-0.1, -0.05) is 6.92 Å². The van der Waals surface area contributed by atoms with E-state index in [1.807, 2.05) is 17.6 Å². The van der Waals surface area contributed by atoms with Gasteiger partial charge >= 0.3 is 0 Å². The highest BCUT2D eigenvalue weighted by Gasteiger charge is 2.20. The molecule has 0 aliphatic carbocycles. The molecule has 112 valence electrons. The second kappa shape index (κ2) is 6.70. The van der Waals surface area contributed by atoms with Crippen LogP contribution in [0, 0.1) is 0 Å². The summed E-state index contributed by atoms with van der Waals surface area (Å²) in [6.45, 7) is 6.05. The van der Waals surface area contributed by atoms with E-state index in [4.69, 9.17) is 0 Å². The van der Waals surface area contributed by atoms with Gasteiger partial charge in [0.05, 0.1) is 0 Å². The molecule has 1 aliphatic heterocycles. The molecule has 1 saturated heterocycles. The topological polar surface area (TPSA) is 45.2 Å². The molecular formula is C14H18BrN5S. The molecule has 3 rings (SSSR count). The Morgan fingerprint density at radius 3 is 2.62 bits per heavy atom. The first-order chi connectivity index (χ1) is 10.3. The van der Waals surface area contributed by atoms with Crippen molar-refractivity contribution in [2.45, 2.75) is 19.8 Å². The van der Waals surface area contributed by atoms with Gasteiger partial charge in [-0.3, -0.25) is 0 Å². The van der Waals surface area contributed by atoms with Gasteiger partial charge in [-0.2, -0.15) is 0 Å². The van der Waals surface area contributed by atoms with E-state index in [1.54, 1.807) is 11.3 Å². The van der Waals surface area contributed by atoms with E-state index in [-0.39, 0.29) is 0 Å². The van der Waals surface area contributed by atoms with E-state index < -0.39 is 0 Å². The highest BCUT2D eigenvalue weighted by Crippen LogP contribution is 2.22. The maximum atomic E-state index is 4.69. The minimum absolute atomic E-state index is 0.873. The van der Waals surface area contributed by atoms with E-state index >= 15 is 0 Å². The summed E-state index contributed by atoms with van der Waals surface area (Å²) in [5, 5.41) is 3.14. The van der Waals surface area contributed by atoms with Gasteiger partial charge in [0.2, 0.25) is 0 Å². The summed E-state index contributed by atoms with van der Waals surface area (Å²) in [7, 11) is 0. The van der Waals surface area contributed by atoms with Crippen molar-refractivity contribution in [3.8, 4) is 0 Å². The molecule has 0 amide bonds. The molecule has 0 aromatic carbocycles. The standard InChI is InChI=1S/C14H18BrN5S/c1-2-3-12-17-11(15)10-13(18-12)19-5-7-20(8-6-19)14-16-4-9-21-14/h4,9-10H,2-3,5-8H2,1H3. The van der Waals surface area contributed by atoms with Crippen molar-refractivity contribution >= 4 is 38.2 Å². The van der Waals surface area contributed by atoms with E-state index in [1.165, 1.54) is 0 Å². The number of aromatic nitrogens is 3. The molecule has 2 aromatic heterocycles. The Balaban J connectivity index is 1.69. The Kier molecular flexibility index (Phi) is 4.70. The highest BCUT2D eigenvalue weighted by molar-refractivity contribution is 9.10. The largest absolute Gasteiger partial charge is 0.353 e. The van der Waals surface area contributed by atoms with Crippen LogP contribution < -0.4 is 9.80 Å². The Morgan fingerprint density at radius 1 is 1.19 bits per heavy atom. The SMILES string of the molecule is CCCc1nc(Br)cc(N2CCN(c3nccs3)CC2)n1. The summed E-state index contributed by atoms with van der Waals surface area (Å²) in [4.78, 5) is 18.2. The van der Waals surface area contributed by atoms with Crippen LogP contribution in [-0.2, 0) is 6.42 Å². The van der Waals surface area contributed by atoms with E-state index in [0.29, 0.717) is 0 Å². The molecule has 2 aromatic rings. The number of anilines is 2. The lowest BCUT2D eigenvalue weighted by molar-refractivity contribution is 0.642. The van der Waals surface area contributed by atoms with Gasteiger partial charge in [0, 0.05) is 50.2 Å². The zero-order chi connectivity index (χ0) is 14.7. The van der Waals surface area contributed by atoms with Crippen molar-refractivity contribution in [2.24, 2.45) is 0 Å². The fourth-order valence-electron chi connectivity index (χ4n) is 2.45. The van der Waals surface area contributed by atoms with E-state index in [0.717, 1.165) is 60.4 Å². The normalized spacial score (nSPS) is 15.5. The molecule has 0 N–H and O–H groups in total. The summed E-state index contributed by atoms with van der Waals surface area (Å²) in [6, 6.07) is 2.01. The first-order valence-electron chi connectivity index (χ1n) is 7.19. The Hall–Kier alpha value is -1.21. The van der Waals surface area contributed by atoms with E-state index in [9.17, 15) is 0 Å². The molecule has 0 unspecified atom stereocenters. The zero-order valence-electron chi connectivity index (χ0n) is 12.0. The van der Waals surface area contributed by atoms with Crippen LogP contribution in [0.3, 0.4) is 0 Å². The number of piperazine rings is 1. The molecule has 0 saturated carbocycles. The molecule has 5 nitrogen and oxygen atoms in total. The average molecular weight is 368 g/mol. The molecule has 0 spiro atoms. The lowest BCUT2D eigenvalue weighted by Crippen LogP contribution is -2.46. The van der Waals surface area contributed by atoms with Gasteiger partial charge in [-0.15, -0.1) is 11.3 Å². The predicted octanol–water partition coefficient (Wildman–Crippen LogP) is 2.97. The fraction of sp³-hybridized carbons (Fsp3) is 0.500. The third kappa shape index (κ3) is 3.52. The lowest BCUT2D eigenvalue weighted by Gasteiger charge is -2.35. The number of rotatable bonds is 4. The monoisotopic (exact) mass is 367 g/mol. The number of thiazole rings is 1. The molecule has 0 bridgehead atoms. The molecule has 0 radical (unpaired) electrons. The third-order valence-electron chi connectivity index (χ3n) is 3.49. The van der Waals surface area contributed by atoms with Crippen LogP contribution in [-0.4, -0.2) is 41.1 Å². The van der Waals surface area contributed by atoms with Crippen LogP contribution in [0.25, 0.3) is 0 Å². The maximum absolute atomic E-state index is 4.69. The van der Waals surface area contributed by atoms with Crippen molar-refractivity contribution in [1.29, 1.82) is 0 Å². The summed E-state index contributed by atoms with van der Waals surface area (Å²) in [6.07, 6.45) is 3.85. The molecule has 3 heterocycles. The van der Waals surface area contributed by atoms with Crippen molar-refractivity contribution in [3.63, 3.8) is 0 Å². The summed E-state index contributed by atoms with van der Waals surface area (Å²) >= 11 is 5.20. The Morgan fingerprint density at radius 2 is 1.95 bits per heavy atom. The number of nitrogens with zero attached hydrogens (tertiary/aromatic N) is 5. The van der Waals surface area contributed by atoms with Crippen LogP contribution in [0.15, 0.2) is 22.2 Å². The van der Waals surface area contributed by atoms with Crippen molar-refractivity contribution in [1.82, 2.24) is 15.0 Å². The minimum Gasteiger partial charge on any atom is -0.353 e. The van der Waals surface area contributed by atoms with Crippen LogP contribution in [0.1, 0.15) is 19.2 Å².